The zero-order chi connectivity index (χ0) is 19.0. The van der Waals surface area contributed by atoms with Gasteiger partial charge in [0.2, 0.25) is 5.91 Å². The van der Waals surface area contributed by atoms with Crippen LogP contribution in [0, 0.1) is 0 Å². The van der Waals surface area contributed by atoms with Crippen molar-refractivity contribution < 1.29 is 23.9 Å². The van der Waals surface area contributed by atoms with Crippen LogP contribution >= 0.6 is 0 Å². The number of likely N-dealkylation sites (N-methyl/N-ethyl adjacent to an activating group) is 1. The number of rotatable bonds is 4. The minimum Gasteiger partial charge on any atom is -0.486 e. The average Bonchev–Trinajstić information content (AvgIpc) is 2.93. The van der Waals surface area contributed by atoms with Gasteiger partial charge in [-0.2, -0.15) is 0 Å². The number of amides is 3. The highest BCUT2D eigenvalue weighted by molar-refractivity contribution is 6.22. The molecule has 0 N–H and O–H groups in total. The molecule has 0 saturated heterocycles. The lowest BCUT2D eigenvalue weighted by molar-refractivity contribution is -0.131. The van der Waals surface area contributed by atoms with Gasteiger partial charge in [-0.05, 0) is 24.3 Å². The first-order valence-corrected chi connectivity index (χ1v) is 8.62. The Kier molecular flexibility index (Phi) is 4.27. The minimum absolute atomic E-state index is 0.288. The van der Waals surface area contributed by atoms with Crippen LogP contribution in [0.5, 0.6) is 11.5 Å². The third kappa shape index (κ3) is 3.12. The van der Waals surface area contributed by atoms with E-state index in [9.17, 15) is 14.4 Å². The summed E-state index contributed by atoms with van der Waals surface area (Å²) >= 11 is 0. The molecule has 0 radical (unpaired) electrons. The lowest BCUT2D eigenvalue weighted by Gasteiger charge is -2.30. The highest BCUT2D eigenvalue weighted by Crippen LogP contribution is 2.31. The molecule has 0 aromatic heterocycles. The molecule has 4 rings (SSSR count). The molecule has 7 nitrogen and oxygen atoms in total. The van der Waals surface area contributed by atoms with Gasteiger partial charge in [0.05, 0.1) is 17.7 Å². The van der Waals surface area contributed by atoms with Gasteiger partial charge in [0.15, 0.2) is 17.6 Å². The van der Waals surface area contributed by atoms with Crippen LogP contribution in [0.2, 0.25) is 0 Å². The van der Waals surface area contributed by atoms with Crippen molar-refractivity contribution in [2.24, 2.45) is 0 Å². The second kappa shape index (κ2) is 6.75. The van der Waals surface area contributed by atoms with Gasteiger partial charge < -0.3 is 14.4 Å². The summed E-state index contributed by atoms with van der Waals surface area (Å²) in [7, 11) is 1.62. The van der Waals surface area contributed by atoms with Gasteiger partial charge in [0.1, 0.15) is 13.2 Å². The van der Waals surface area contributed by atoms with E-state index in [1.54, 1.807) is 31.3 Å². The number of benzene rings is 2. The molecule has 0 aliphatic carbocycles. The number of carbonyl (C=O) groups excluding carboxylic acids is 3. The summed E-state index contributed by atoms with van der Waals surface area (Å²) < 4.78 is 11.5. The van der Waals surface area contributed by atoms with Gasteiger partial charge in [0, 0.05) is 7.05 Å². The number of hydrogen-bond donors (Lipinski definition) is 0. The normalized spacial score (nSPS) is 17.7. The summed E-state index contributed by atoms with van der Waals surface area (Å²) in [4.78, 5) is 39.7. The predicted octanol–water partition coefficient (Wildman–Crippen LogP) is 1.58. The molecule has 1 atom stereocenters. The number of para-hydroxylation sites is 2. The van der Waals surface area contributed by atoms with Crippen LogP contribution in [-0.2, 0) is 4.79 Å². The van der Waals surface area contributed by atoms with Gasteiger partial charge in [-0.25, -0.2) is 0 Å². The molecular formula is C20H18N2O5. The number of carbonyl (C=O) groups is 3. The van der Waals surface area contributed by atoms with Crippen molar-refractivity contribution in [1.82, 2.24) is 9.80 Å². The van der Waals surface area contributed by atoms with Crippen molar-refractivity contribution >= 4 is 17.7 Å². The first-order chi connectivity index (χ1) is 13.0. The number of nitrogens with zero attached hydrogens (tertiary/aromatic N) is 2. The Hall–Kier alpha value is -3.35. The lowest BCUT2D eigenvalue weighted by atomic mass is 10.1. The summed E-state index contributed by atoms with van der Waals surface area (Å²) in [6.45, 7) is 0.311. The smallest absolute Gasteiger partial charge is 0.262 e. The highest BCUT2D eigenvalue weighted by Gasteiger charge is 2.37. The Morgan fingerprint density at radius 2 is 1.63 bits per heavy atom. The molecule has 0 spiro atoms. The molecule has 2 aliphatic heterocycles. The molecule has 7 heteroatoms. The number of imide groups is 1. The van der Waals surface area contributed by atoms with E-state index in [-0.39, 0.29) is 25.1 Å². The third-order valence-corrected chi connectivity index (χ3v) is 4.64. The molecule has 1 unspecified atom stereocenters. The summed E-state index contributed by atoms with van der Waals surface area (Å²) in [5, 5.41) is 0. The van der Waals surface area contributed by atoms with E-state index in [1.807, 2.05) is 24.3 Å². The van der Waals surface area contributed by atoms with Crippen LogP contribution in [0.3, 0.4) is 0 Å². The van der Waals surface area contributed by atoms with E-state index in [0.29, 0.717) is 29.2 Å². The number of fused-ring (bicyclic) bond motifs is 2. The molecule has 2 heterocycles. The Bertz CT molecular complexity index is 891. The van der Waals surface area contributed by atoms with E-state index in [1.165, 1.54) is 4.90 Å². The molecule has 27 heavy (non-hydrogen) atoms. The highest BCUT2D eigenvalue weighted by atomic mass is 16.6. The average molecular weight is 366 g/mol. The van der Waals surface area contributed by atoms with Crippen LogP contribution in [0.4, 0.5) is 0 Å². The van der Waals surface area contributed by atoms with Gasteiger partial charge in [-0.3, -0.25) is 19.3 Å². The van der Waals surface area contributed by atoms with Crippen molar-refractivity contribution in [2.75, 3.05) is 26.7 Å². The van der Waals surface area contributed by atoms with E-state index in [4.69, 9.17) is 9.47 Å². The molecule has 0 saturated carbocycles. The van der Waals surface area contributed by atoms with E-state index in [2.05, 4.69) is 0 Å². The molecule has 3 amide bonds. The summed E-state index contributed by atoms with van der Waals surface area (Å²) in [6, 6.07) is 13.9. The van der Waals surface area contributed by atoms with Crippen LogP contribution < -0.4 is 9.47 Å². The summed E-state index contributed by atoms with van der Waals surface area (Å²) in [6.07, 6.45) is -0.323. The Morgan fingerprint density at radius 1 is 1.04 bits per heavy atom. The number of ether oxygens (including phenoxy) is 2. The first kappa shape index (κ1) is 17.1. The quantitative estimate of drug-likeness (QED) is 0.768. The van der Waals surface area contributed by atoms with Crippen molar-refractivity contribution in [3.8, 4) is 11.5 Å². The van der Waals surface area contributed by atoms with Crippen molar-refractivity contribution in [3.05, 3.63) is 59.7 Å². The lowest BCUT2D eigenvalue weighted by Crippen LogP contribution is -2.46. The van der Waals surface area contributed by atoms with E-state index in [0.717, 1.165) is 4.90 Å². The van der Waals surface area contributed by atoms with Gasteiger partial charge in [-0.1, -0.05) is 24.3 Å². The van der Waals surface area contributed by atoms with Crippen molar-refractivity contribution in [1.29, 1.82) is 0 Å². The summed E-state index contributed by atoms with van der Waals surface area (Å²) in [5.74, 6) is 0.0859. The molecular weight excluding hydrogens is 348 g/mol. The molecule has 138 valence electrons. The van der Waals surface area contributed by atoms with Crippen LogP contribution in [-0.4, -0.2) is 60.4 Å². The zero-order valence-corrected chi connectivity index (χ0v) is 14.8. The standard InChI is InChI=1S/C20H18N2O5/c1-21(10-13-12-26-16-8-4-5-9-17(16)27-13)18(23)11-22-19(24)14-6-2-3-7-15(14)20(22)25/h2-9,13H,10-12H2,1H3. The second-order valence-electron chi connectivity index (χ2n) is 6.51. The fraction of sp³-hybridized carbons (Fsp3) is 0.250. The van der Waals surface area contributed by atoms with Crippen LogP contribution in [0.1, 0.15) is 20.7 Å². The molecule has 2 aliphatic rings. The SMILES string of the molecule is CN(CC1COc2ccccc2O1)C(=O)CN1C(=O)c2ccccc2C1=O. The van der Waals surface area contributed by atoms with Gasteiger partial charge in [-0.15, -0.1) is 0 Å². The second-order valence-corrected chi connectivity index (χ2v) is 6.51. The van der Waals surface area contributed by atoms with Crippen molar-refractivity contribution in [3.63, 3.8) is 0 Å². The maximum atomic E-state index is 12.5. The van der Waals surface area contributed by atoms with Crippen molar-refractivity contribution in [2.45, 2.75) is 6.10 Å². The monoisotopic (exact) mass is 366 g/mol. The maximum absolute atomic E-state index is 12.5. The van der Waals surface area contributed by atoms with Gasteiger partial charge >= 0.3 is 0 Å². The largest absolute Gasteiger partial charge is 0.486 e. The maximum Gasteiger partial charge on any atom is 0.262 e. The summed E-state index contributed by atoms with van der Waals surface area (Å²) in [5.41, 5.74) is 0.664. The van der Waals surface area contributed by atoms with Gasteiger partial charge in [0.25, 0.3) is 11.8 Å². The Labute approximate surface area is 156 Å². The molecule has 2 aromatic carbocycles. The van der Waals surface area contributed by atoms with Crippen LogP contribution in [0.15, 0.2) is 48.5 Å². The third-order valence-electron chi connectivity index (χ3n) is 4.64. The zero-order valence-electron chi connectivity index (χ0n) is 14.8. The minimum atomic E-state index is -0.441. The first-order valence-electron chi connectivity index (χ1n) is 8.62. The topological polar surface area (TPSA) is 76.2 Å². The fourth-order valence-electron chi connectivity index (χ4n) is 3.20. The molecule has 2 aromatic rings. The Balaban J connectivity index is 1.38. The molecule has 0 bridgehead atoms. The fourth-order valence-corrected chi connectivity index (χ4v) is 3.20. The molecule has 0 fully saturated rings. The van der Waals surface area contributed by atoms with E-state index >= 15 is 0 Å². The van der Waals surface area contributed by atoms with Crippen LogP contribution in [0.25, 0.3) is 0 Å². The predicted molar refractivity (Wildman–Crippen MR) is 95.8 cm³/mol. The van der Waals surface area contributed by atoms with E-state index < -0.39 is 11.8 Å². The number of hydrogen-bond acceptors (Lipinski definition) is 5. The Morgan fingerprint density at radius 3 is 2.30 bits per heavy atom.